The summed E-state index contributed by atoms with van der Waals surface area (Å²) in [4.78, 5) is 13.7. The summed E-state index contributed by atoms with van der Waals surface area (Å²) in [5, 5.41) is 3.33. The first-order chi connectivity index (χ1) is 7.40. The van der Waals surface area contributed by atoms with Gasteiger partial charge in [0.1, 0.15) is 5.60 Å². The molecular formula is C12H22N2O2. The van der Waals surface area contributed by atoms with E-state index in [1.165, 1.54) is 6.42 Å². The third-order valence-corrected chi connectivity index (χ3v) is 3.52. The molecule has 2 unspecified atom stereocenters. The molecule has 2 atom stereocenters. The summed E-state index contributed by atoms with van der Waals surface area (Å²) < 4.78 is 5.38. The number of hydrogen-bond acceptors (Lipinski definition) is 3. The SMILES string of the molecule is CNC1C2CC1CN(C(=O)OC(C)(C)C)C2. The van der Waals surface area contributed by atoms with Crippen molar-refractivity contribution in [2.75, 3.05) is 20.1 Å². The van der Waals surface area contributed by atoms with Gasteiger partial charge in [-0.2, -0.15) is 0 Å². The Morgan fingerprint density at radius 2 is 1.88 bits per heavy atom. The molecule has 1 amide bonds. The summed E-state index contributed by atoms with van der Waals surface area (Å²) in [6.07, 6.45) is 1.10. The Bertz CT molecular complexity index is 273. The van der Waals surface area contributed by atoms with Gasteiger partial charge in [-0.15, -0.1) is 0 Å². The van der Waals surface area contributed by atoms with Crippen molar-refractivity contribution in [2.45, 2.75) is 38.8 Å². The number of amides is 1. The second-order valence-electron chi connectivity index (χ2n) is 5.96. The zero-order valence-electron chi connectivity index (χ0n) is 10.6. The standard InChI is InChI=1S/C12H22N2O2/c1-12(2,3)16-11(15)14-6-8-5-9(7-14)10(8)13-4/h8-10,13H,5-7H2,1-4H3. The number of carbonyl (C=O) groups excluding carboxylic acids is 1. The third-order valence-electron chi connectivity index (χ3n) is 3.52. The molecule has 0 radical (unpaired) electrons. The predicted octanol–water partition coefficient (Wildman–Crippen LogP) is 1.46. The highest BCUT2D eigenvalue weighted by Crippen LogP contribution is 2.40. The van der Waals surface area contributed by atoms with Gasteiger partial charge in [-0.1, -0.05) is 0 Å². The fourth-order valence-corrected chi connectivity index (χ4v) is 2.83. The molecule has 1 saturated carbocycles. The number of fused-ring (bicyclic) bond motifs is 2. The van der Waals surface area contributed by atoms with E-state index in [1.807, 2.05) is 32.7 Å². The van der Waals surface area contributed by atoms with E-state index in [4.69, 9.17) is 4.74 Å². The maximum absolute atomic E-state index is 11.9. The van der Waals surface area contributed by atoms with Gasteiger partial charge in [-0.25, -0.2) is 4.79 Å². The van der Waals surface area contributed by atoms with Gasteiger partial charge in [0.05, 0.1) is 0 Å². The van der Waals surface area contributed by atoms with Crippen molar-refractivity contribution < 1.29 is 9.53 Å². The lowest BCUT2D eigenvalue weighted by atomic mass is 9.66. The number of nitrogens with zero attached hydrogens (tertiary/aromatic N) is 1. The zero-order valence-corrected chi connectivity index (χ0v) is 10.6. The van der Waals surface area contributed by atoms with E-state index in [2.05, 4.69) is 5.32 Å². The molecule has 2 aliphatic heterocycles. The Morgan fingerprint density at radius 3 is 2.31 bits per heavy atom. The normalized spacial score (nSPS) is 33.2. The van der Waals surface area contributed by atoms with Crippen LogP contribution in [0.4, 0.5) is 4.79 Å². The molecule has 0 aromatic rings. The largest absolute Gasteiger partial charge is 0.444 e. The van der Waals surface area contributed by atoms with Crippen LogP contribution >= 0.6 is 0 Å². The lowest BCUT2D eigenvalue weighted by molar-refractivity contribution is -0.0338. The number of carbonyl (C=O) groups is 1. The van der Waals surface area contributed by atoms with Crippen molar-refractivity contribution >= 4 is 6.09 Å². The Hall–Kier alpha value is -0.770. The summed E-state index contributed by atoms with van der Waals surface area (Å²) in [5.74, 6) is 1.24. The van der Waals surface area contributed by atoms with Crippen molar-refractivity contribution in [3.63, 3.8) is 0 Å². The molecule has 3 rings (SSSR count). The fraction of sp³-hybridized carbons (Fsp3) is 0.917. The molecule has 4 heteroatoms. The highest BCUT2D eigenvalue weighted by atomic mass is 16.6. The van der Waals surface area contributed by atoms with Crippen molar-refractivity contribution in [3.8, 4) is 0 Å². The summed E-state index contributed by atoms with van der Waals surface area (Å²) in [5.41, 5.74) is -0.388. The highest BCUT2D eigenvalue weighted by molar-refractivity contribution is 5.68. The summed E-state index contributed by atoms with van der Waals surface area (Å²) in [6, 6.07) is 0.610. The first-order valence-corrected chi connectivity index (χ1v) is 6.06. The number of hydrogen-bond donors (Lipinski definition) is 1. The van der Waals surface area contributed by atoms with Crippen molar-refractivity contribution in [1.82, 2.24) is 10.2 Å². The van der Waals surface area contributed by atoms with Crippen LogP contribution in [0.5, 0.6) is 0 Å². The quantitative estimate of drug-likeness (QED) is 0.736. The van der Waals surface area contributed by atoms with Crippen LogP contribution in [0.1, 0.15) is 27.2 Å². The second-order valence-corrected chi connectivity index (χ2v) is 5.96. The lowest BCUT2D eigenvalue weighted by Crippen LogP contribution is -2.64. The van der Waals surface area contributed by atoms with Gasteiger partial charge in [-0.3, -0.25) is 0 Å². The van der Waals surface area contributed by atoms with E-state index in [9.17, 15) is 4.79 Å². The van der Waals surface area contributed by atoms with Crippen LogP contribution in [0.15, 0.2) is 0 Å². The Morgan fingerprint density at radius 1 is 1.31 bits per heavy atom. The van der Waals surface area contributed by atoms with Crippen LogP contribution in [0.2, 0.25) is 0 Å². The molecule has 1 N–H and O–H groups in total. The Balaban J connectivity index is 1.88. The average molecular weight is 226 g/mol. The van der Waals surface area contributed by atoms with Crippen LogP contribution in [-0.4, -0.2) is 42.8 Å². The number of ether oxygens (including phenoxy) is 1. The van der Waals surface area contributed by atoms with Gasteiger partial charge < -0.3 is 15.0 Å². The first-order valence-electron chi connectivity index (χ1n) is 6.06. The maximum atomic E-state index is 11.9. The molecule has 2 saturated heterocycles. The summed E-state index contributed by atoms with van der Waals surface area (Å²) in [6.45, 7) is 7.41. The van der Waals surface area contributed by atoms with Gasteiger partial charge in [0.25, 0.3) is 0 Å². The minimum atomic E-state index is -0.388. The highest BCUT2D eigenvalue weighted by Gasteiger charge is 2.47. The van der Waals surface area contributed by atoms with Gasteiger partial charge >= 0.3 is 6.09 Å². The van der Waals surface area contributed by atoms with Crippen LogP contribution in [0.3, 0.4) is 0 Å². The Kier molecular flexibility index (Phi) is 2.86. The van der Waals surface area contributed by atoms with E-state index >= 15 is 0 Å². The van der Waals surface area contributed by atoms with Crippen LogP contribution in [-0.2, 0) is 4.74 Å². The van der Waals surface area contributed by atoms with Crippen molar-refractivity contribution in [3.05, 3.63) is 0 Å². The van der Waals surface area contributed by atoms with E-state index in [1.54, 1.807) is 0 Å². The molecule has 2 bridgehead atoms. The average Bonchev–Trinajstić information content (AvgIpc) is 2.16. The summed E-state index contributed by atoms with van der Waals surface area (Å²) >= 11 is 0. The van der Waals surface area contributed by atoms with Gasteiger partial charge in [-0.05, 0) is 46.1 Å². The predicted molar refractivity (Wildman–Crippen MR) is 62.3 cm³/mol. The molecule has 92 valence electrons. The van der Waals surface area contributed by atoms with Crippen LogP contribution < -0.4 is 5.32 Å². The van der Waals surface area contributed by atoms with Gasteiger partial charge in [0.15, 0.2) is 0 Å². The molecule has 2 heterocycles. The first kappa shape index (κ1) is 11.7. The zero-order chi connectivity index (χ0) is 11.9. The molecular weight excluding hydrogens is 204 g/mol. The van der Waals surface area contributed by atoms with Crippen LogP contribution in [0.25, 0.3) is 0 Å². The minimum Gasteiger partial charge on any atom is -0.444 e. The number of rotatable bonds is 1. The molecule has 1 aliphatic carbocycles. The van der Waals surface area contributed by atoms with E-state index in [0.717, 1.165) is 13.1 Å². The van der Waals surface area contributed by atoms with E-state index in [-0.39, 0.29) is 11.7 Å². The maximum Gasteiger partial charge on any atom is 0.410 e. The molecule has 3 aliphatic rings. The molecule has 0 aromatic heterocycles. The fourth-order valence-electron chi connectivity index (χ4n) is 2.83. The topological polar surface area (TPSA) is 41.6 Å². The lowest BCUT2D eigenvalue weighted by Gasteiger charge is -2.53. The van der Waals surface area contributed by atoms with Crippen molar-refractivity contribution in [2.24, 2.45) is 11.8 Å². The smallest absolute Gasteiger partial charge is 0.410 e. The van der Waals surface area contributed by atoms with Crippen molar-refractivity contribution in [1.29, 1.82) is 0 Å². The van der Waals surface area contributed by atoms with Gasteiger partial charge in [0, 0.05) is 19.1 Å². The summed E-state index contributed by atoms with van der Waals surface area (Å²) in [7, 11) is 2.01. The van der Waals surface area contributed by atoms with E-state index < -0.39 is 0 Å². The molecule has 16 heavy (non-hydrogen) atoms. The van der Waals surface area contributed by atoms with E-state index in [0.29, 0.717) is 17.9 Å². The molecule has 4 nitrogen and oxygen atoms in total. The molecule has 3 fully saturated rings. The minimum absolute atomic E-state index is 0.156. The monoisotopic (exact) mass is 226 g/mol. The second kappa shape index (κ2) is 3.91. The van der Waals surface area contributed by atoms with Crippen LogP contribution in [0, 0.1) is 11.8 Å². The molecule has 0 aromatic carbocycles. The number of piperidine rings is 2. The third kappa shape index (κ3) is 2.17. The van der Waals surface area contributed by atoms with Gasteiger partial charge in [0.2, 0.25) is 0 Å². The molecule has 0 spiro atoms. The Labute approximate surface area is 97.3 Å². The number of nitrogens with one attached hydrogen (secondary N) is 1.